The predicted octanol–water partition coefficient (Wildman–Crippen LogP) is 3.15. The smallest absolute Gasteiger partial charge is 0.186 e. The number of H-pyrrole nitrogens is 1. The Balaban J connectivity index is 1.99. The number of nitrogens with zero attached hydrogens (tertiary/aromatic N) is 4. The molecule has 1 aliphatic rings. The van der Waals surface area contributed by atoms with Crippen LogP contribution in [0.15, 0.2) is 24.3 Å². The van der Waals surface area contributed by atoms with Gasteiger partial charge in [0, 0.05) is 17.5 Å². The number of aromatic nitrogens is 5. The molecule has 1 aliphatic heterocycles. The molecule has 0 radical (unpaired) electrons. The molecule has 0 bridgehead atoms. The van der Waals surface area contributed by atoms with Crippen LogP contribution in [0, 0.1) is 6.92 Å². The van der Waals surface area contributed by atoms with Crippen LogP contribution in [-0.2, 0) is 0 Å². The Kier molecular flexibility index (Phi) is 2.94. The van der Waals surface area contributed by atoms with Gasteiger partial charge in [0.25, 0.3) is 0 Å². The highest BCUT2D eigenvalue weighted by Crippen LogP contribution is 2.34. The fraction of sp³-hybridized carbons (Fsp3) is 0.267. The molecule has 7 heteroatoms. The van der Waals surface area contributed by atoms with Gasteiger partial charge in [0.05, 0.1) is 17.1 Å². The van der Waals surface area contributed by atoms with Crippen molar-refractivity contribution in [2.24, 2.45) is 0 Å². The molecule has 0 amide bonds. The number of hydrogen-bond donors (Lipinski definition) is 2. The van der Waals surface area contributed by atoms with Crippen molar-refractivity contribution in [1.82, 2.24) is 25.0 Å². The van der Waals surface area contributed by atoms with E-state index < -0.39 is 0 Å². The van der Waals surface area contributed by atoms with Crippen molar-refractivity contribution in [2.75, 3.05) is 11.9 Å². The molecule has 112 valence electrons. The second-order valence-electron chi connectivity index (χ2n) is 5.58. The van der Waals surface area contributed by atoms with E-state index in [1.807, 2.05) is 31.2 Å². The van der Waals surface area contributed by atoms with Crippen LogP contribution in [0.25, 0.3) is 17.2 Å². The molecule has 4 rings (SSSR count). The molecule has 1 atom stereocenters. The highest BCUT2D eigenvalue weighted by Gasteiger charge is 2.25. The summed E-state index contributed by atoms with van der Waals surface area (Å²) in [5.41, 5.74) is 3.75. The Hall–Kier alpha value is -2.34. The standard InChI is InChI=1S/C15H15ClN6/c1-8-7-17-11-6-10(16)3-4-13(11)22-14(8)20-21-15(22)12-5-9(2)18-19-12/h3-6,8,17H,7H2,1-2H3,(H,18,19)/t8-/m1/s1. The molecule has 3 aromatic rings. The number of nitrogens with one attached hydrogen (secondary N) is 2. The molecule has 6 nitrogen and oxygen atoms in total. The normalized spacial score (nSPS) is 16.6. The first-order valence-corrected chi connectivity index (χ1v) is 7.53. The lowest BCUT2D eigenvalue weighted by Crippen LogP contribution is -2.09. The third kappa shape index (κ3) is 1.99. The first kappa shape index (κ1) is 13.3. The number of halogens is 1. The van der Waals surface area contributed by atoms with Crippen molar-refractivity contribution in [3.63, 3.8) is 0 Å². The first-order valence-electron chi connectivity index (χ1n) is 7.15. The summed E-state index contributed by atoms with van der Waals surface area (Å²) in [6, 6.07) is 7.77. The van der Waals surface area contributed by atoms with Gasteiger partial charge in [0.2, 0.25) is 0 Å². The van der Waals surface area contributed by atoms with Gasteiger partial charge in [-0.3, -0.25) is 9.67 Å². The molecule has 0 saturated carbocycles. The average molecular weight is 315 g/mol. The van der Waals surface area contributed by atoms with E-state index in [1.54, 1.807) is 0 Å². The van der Waals surface area contributed by atoms with Gasteiger partial charge >= 0.3 is 0 Å². The molecule has 0 saturated heterocycles. The fourth-order valence-electron chi connectivity index (χ4n) is 2.76. The second-order valence-corrected chi connectivity index (χ2v) is 6.02. The van der Waals surface area contributed by atoms with E-state index in [4.69, 9.17) is 11.6 Å². The molecule has 1 aromatic carbocycles. The van der Waals surface area contributed by atoms with Crippen LogP contribution in [0.1, 0.15) is 24.4 Å². The molecule has 0 aliphatic carbocycles. The second kappa shape index (κ2) is 4.84. The number of rotatable bonds is 1. The maximum atomic E-state index is 6.13. The van der Waals surface area contributed by atoms with Gasteiger partial charge < -0.3 is 5.32 Å². The van der Waals surface area contributed by atoms with E-state index >= 15 is 0 Å². The Morgan fingerprint density at radius 3 is 2.91 bits per heavy atom. The van der Waals surface area contributed by atoms with Gasteiger partial charge in [-0.2, -0.15) is 5.10 Å². The minimum atomic E-state index is 0.233. The van der Waals surface area contributed by atoms with Crippen molar-refractivity contribution < 1.29 is 0 Å². The summed E-state index contributed by atoms with van der Waals surface area (Å²) in [4.78, 5) is 0. The molecule has 22 heavy (non-hydrogen) atoms. The summed E-state index contributed by atoms with van der Waals surface area (Å²) in [6.07, 6.45) is 0. The van der Waals surface area contributed by atoms with E-state index in [2.05, 4.69) is 37.2 Å². The van der Waals surface area contributed by atoms with Crippen LogP contribution in [-0.4, -0.2) is 31.5 Å². The van der Waals surface area contributed by atoms with Crippen LogP contribution in [0.3, 0.4) is 0 Å². The molecular formula is C15H15ClN6. The van der Waals surface area contributed by atoms with E-state index in [0.29, 0.717) is 5.02 Å². The number of hydrogen-bond acceptors (Lipinski definition) is 4. The van der Waals surface area contributed by atoms with E-state index in [9.17, 15) is 0 Å². The Morgan fingerprint density at radius 1 is 1.27 bits per heavy atom. The number of aryl methyl sites for hydroxylation is 1. The van der Waals surface area contributed by atoms with E-state index in [1.165, 1.54) is 0 Å². The molecule has 2 N–H and O–H groups in total. The van der Waals surface area contributed by atoms with Crippen LogP contribution >= 0.6 is 11.6 Å². The average Bonchev–Trinajstić information content (AvgIpc) is 3.08. The minimum absolute atomic E-state index is 0.233. The molecule has 0 spiro atoms. The van der Waals surface area contributed by atoms with Crippen LogP contribution in [0.5, 0.6) is 0 Å². The zero-order chi connectivity index (χ0) is 15.3. The van der Waals surface area contributed by atoms with Crippen LogP contribution in [0.2, 0.25) is 5.02 Å². The third-order valence-corrected chi connectivity index (χ3v) is 4.11. The number of benzene rings is 1. The van der Waals surface area contributed by atoms with E-state index in [-0.39, 0.29) is 5.92 Å². The monoisotopic (exact) mass is 314 g/mol. The van der Waals surface area contributed by atoms with Crippen molar-refractivity contribution in [2.45, 2.75) is 19.8 Å². The van der Waals surface area contributed by atoms with Gasteiger partial charge in [0.1, 0.15) is 11.5 Å². The summed E-state index contributed by atoms with van der Waals surface area (Å²) in [6.45, 7) is 4.86. The Bertz CT molecular complexity index is 850. The first-order chi connectivity index (χ1) is 10.6. The third-order valence-electron chi connectivity index (χ3n) is 3.87. The predicted molar refractivity (Wildman–Crippen MR) is 85.6 cm³/mol. The molecule has 0 fully saturated rings. The highest BCUT2D eigenvalue weighted by atomic mass is 35.5. The summed E-state index contributed by atoms with van der Waals surface area (Å²) in [5.74, 6) is 1.92. The van der Waals surface area contributed by atoms with Crippen LogP contribution in [0.4, 0.5) is 5.69 Å². The lowest BCUT2D eigenvalue weighted by molar-refractivity contribution is 0.725. The Labute approximate surface area is 132 Å². The lowest BCUT2D eigenvalue weighted by Gasteiger charge is -2.11. The van der Waals surface area contributed by atoms with Crippen molar-refractivity contribution >= 4 is 17.3 Å². The van der Waals surface area contributed by atoms with E-state index in [0.717, 1.165) is 41.0 Å². The molecular weight excluding hydrogens is 300 g/mol. The maximum absolute atomic E-state index is 6.13. The van der Waals surface area contributed by atoms with Crippen molar-refractivity contribution in [3.8, 4) is 17.2 Å². The number of anilines is 1. The number of fused-ring (bicyclic) bond motifs is 3. The largest absolute Gasteiger partial charge is 0.383 e. The van der Waals surface area contributed by atoms with Crippen LogP contribution < -0.4 is 5.32 Å². The zero-order valence-electron chi connectivity index (χ0n) is 12.3. The fourth-order valence-corrected chi connectivity index (χ4v) is 2.93. The SMILES string of the molecule is Cc1cc(-c2nnc3n2-c2ccc(Cl)cc2NC[C@H]3C)[nH]n1. The highest BCUT2D eigenvalue weighted by molar-refractivity contribution is 6.31. The molecule has 2 aromatic heterocycles. The summed E-state index contributed by atoms with van der Waals surface area (Å²) in [5, 5.41) is 20.1. The van der Waals surface area contributed by atoms with Gasteiger partial charge in [0.15, 0.2) is 5.82 Å². The number of aromatic amines is 1. The van der Waals surface area contributed by atoms with Gasteiger partial charge in [-0.1, -0.05) is 18.5 Å². The summed E-state index contributed by atoms with van der Waals surface area (Å²) < 4.78 is 2.07. The minimum Gasteiger partial charge on any atom is -0.383 e. The maximum Gasteiger partial charge on any atom is 0.186 e. The summed E-state index contributed by atoms with van der Waals surface area (Å²) >= 11 is 6.13. The zero-order valence-corrected chi connectivity index (χ0v) is 13.0. The van der Waals surface area contributed by atoms with Gasteiger partial charge in [-0.25, -0.2) is 0 Å². The van der Waals surface area contributed by atoms with Gasteiger partial charge in [-0.05, 0) is 31.2 Å². The molecule has 3 heterocycles. The quantitative estimate of drug-likeness (QED) is 0.724. The summed E-state index contributed by atoms with van der Waals surface area (Å²) in [7, 11) is 0. The lowest BCUT2D eigenvalue weighted by atomic mass is 10.1. The molecule has 0 unspecified atom stereocenters. The van der Waals surface area contributed by atoms with Crippen molar-refractivity contribution in [1.29, 1.82) is 0 Å². The topological polar surface area (TPSA) is 71.4 Å². The Morgan fingerprint density at radius 2 is 2.14 bits per heavy atom. The van der Waals surface area contributed by atoms with Crippen molar-refractivity contribution in [3.05, 3.63) is 40.8 Å². The van der Waals surface area contributed by atoms with Gasteiger partial charge in [-0.15, -0.1) is 10.2 Å².